The van der Waals surface area contributed by atoms with E-state index >= 15 is 0 Å². The van der Waals surface area contributed by atoms with Crippen LogP contribution in [0, 0.1) is 6.92 Å². The predicted octanol–water partition coefficient (Wildman–Crippen LogP) is 2.43. The highest BCUT2D eigenvalue weighted by molar-refractivity contribution is 7.85. The Labute approximate surface area is 124 Å². The van der Waals surface area contributed by atoms with Crippen molar-refractivity contribution in [1.29, 1.82) is 0 Å². The summed E-state index contributed by atoms with van der Waals surface area (Å²) >= 11 is 0. The van der Waals surface area contributed by atoms with Crippen LogP contribution >= 0.6 is 0 Å². The van der Waals surface area contributed by atoms with Gasteiger partial charge in [-0.25, -0.2) is 8.78 Å². The third-order valence-electron chi connectivity index (χ3n) is 2.99. The van der Waals surface area contributed by atoms with Crippen LogP contribution in [-0.2, 0) is 16.5 Å². The van der Waals surface area contributed by atoms with E-state index in [-0.39, 0.29) is 0 Å². The summed E-state index contributed by atoms with van der Waals surface area (Å²) in [5, 5.41) is 2.66. The summed E-state index contributed by atoms with van der Waals surface area (Å²) in [4.78, 5) is 0. The van der Waals surface area contributed by atoms with Crippen LogP contribution in [0.25, 0.3) is 0 Å². The molecule has 4 nitrogen and oxygen atoms in total. The second-order valence-electron chi connectivity index (χ2n) is 5.98. The van der Waals surface area contributed by atoms with Crippen molar-refractivity contribution in [2.24, 2.45) is 0 Å². The maximum atomic E-state index is 13.4. The van der Waals surface area contributed by atoms with Gasteiger partial charge in [0.25, 0.3) is 16.0 Å². The fraction of sp³-hybridized carbons (Fsp3) is 0.571. The number of aryl methyl sites for hydroxylation is 1. The Bertz CT molecular complexity index is 568. The zero-order chi connectivity index (χ0) is 16.3. The fourth-order valence-corrected chi connectivity index (χ4v) is 2.60. The number of hydrogen-bond donors (Lipinski definition) is 2. The van der Waals surface area contributed by atoms with Gasteiger partial charge >= 0.3 is 0 Å². The van der Waals surface area contributed by atoms with Crippen molar-refractivity contribution in [3.8, 4) is 0 Å². The molecule has 0 saturated carbocycles. The normalized spacial score (nSPS) is 13.4. The first kappa shape index (κ1) is 18.0. The Morgan fingerprint density at radius 3 is 2.19 bits per heavy atom. The van der Waals surface area contributed by atoms with E-state index in [1.807, 2.05) is 31.2 Å². The Hall–Kier alpha value is -1.05. The van der Waals surface area contributed by atoms with E-state index in [0.717, 1.165) is 11.1 Å². The lowest BCUT2D eigenvalue weighted by Gasteiger charge is -2.29. The second-order valence-corrected chi connectivity index (χ2v) is 7.43. The largest absolute Gasteiger partial charge is 0.306 e. The average molecular weight is 321 g/mol. The molecule has 0 spiro atoms. The van der Waals surface area contributed by atoms with Gasteiger partial charge in [-0.15, -0.1) is 0 Å². The molecule has 0 fully saturated rings. The van der Waals surface area contributed by atoms with Crippen LogP contribution in [0.2, 0.25) is 0 Å². The topological polar surface area (TPSA) is 66.4 Å². The standard InChI is InChI=1S/C14H21F2NO3S/c1-11-4-6-12(7-5-11)8-13(2,3)17-9-14(15,16)10-21(18,19)20/h4-7,17H,8-10H2,1-3H3,(H,18,19,20). The molecular weight excluding hydrogens is 300 g/mol. The number of benzene rings is 1. The van der Waals surface area contributed by atoms with Crippen LogP contribution < -0.4 is 5.32 Å². The maximum Gasteiger partial charge on any atom is 0.276 e. The Kier molecular flexibility index (Phi) is 5.46. The summed E-state index contributed by atoms with van der Waals surface area (Å²) in [5.74, 6) is -5.09. The molecule has 0 aliphatic carbocycles. The van der Waals surface area contributed by atoms with Crippen LogP contribution in [0.3, 0.4) is 0 Å². The molecule has 21 heavy (non-hydrogen) atoms. The van der Waals surface area contributed by atoms with E-state index in [4.69, 9.17) is 4.55 Å². The summed E-state index contributed by atoms with van der Waals surface area (Å²) in [6.45, 7) is 4.67. The molecule has 0 heterocycles. The summed E-state index contributed by atoms with van der Waals surface area (Å²) in [7, 11) is -4.70. The Morgan fingerprint density at radius 1 is 1.19 bits per heavy atom. The van der Waals surface area contributed by atoms with E-state index in [9.17, 15) is 17.2 Å². The Morgan fingerprint density at radius 2 is 1.71 bits per heavy atom. The minimum absolute atomic E-state index is 0.523. The molecule has 0 atom stereocenters. The summed E-state index contributed by atoms with van der Waals surface area (Å²) in [5.41, 5.74) is 1.48. The predicted molar refractivity (Wildman–Crippen MR) is 78.3 cm³/mol. The van der Waals surface area contributed by atoms with Crippen molar-refractivity contribution in [3.05, 3.63) is 35.4 Å². The SMILES string of the molecule is Cc1ccc(CC(C)(C)NCC(F)(F)CS(=O)(=O)O)cc1. The highest BCUT2D eigenvalue weighted by Gasteiger charge is 2.36. The first-order valence-electron chi connectivity index (χ1n) is 6.52. The van der Waals surface area contributed by atoms with Gasteiger partial charge in [0.05, 0.1) is 6.54 Å². The first-order valence-corrected chi connectivity index (χ1v) is 8.13. The highest BCUT2D eigenvalue weighted by atomic mass is 32.2. The molecule has 1 rings (SSSR count). The number of rotatable bonds is 7. The average Bonchev–Trinajstić information content (AvgIpc) is 2.27. The molecule has 0 aromatic heterocycles. The number of alkyl halides is 2. The van der Waals surface area contributed by atoms with Gasteiger partial charge in [0.1, 0.15) is 5.75 Å². The van der Waals surface area contributed by atoms with Gasteiger partial charge in [-0.1, -0.05) is 29.8 Å². The summed E-state index contributed by atoms with van der Waals surface area (Å²) in [6, 6.07) is 7.74. The molecule has 2 N–H and O–H groups in total. The summed E-state index contributed by atoms with van der Waals surface area (Å²) < 4.78 is 56.5. The molecule has 0 bridgehead atoms. The molecule has 0 radical (unpaired) electrons. The van der Waals surface area contributed by atoms with Crippen LogP contribution in [0.5, 0.6) is 0 Å². The van der Waals surface area contributed by atoms with E-state index in [0.29, 0.717) is 6.42 Å². The molecule has 7 heteroatoms. The lowest BCUT2D eigenvalue weighted by Crippen LogP contribution is -2.49. The maximum absolute atomic E-state index is 13.4. The quantitative estimate of drug-likeness (QED) is 0.757. The third kappa shape index (κ3) is 7.50. The Balaban J connectivity index is 2.62. The van der Waals surface area contributed by atoms with E-state index in [2.05, 4.69) is 5.32 Å². The molecule has 0 amide bonds. The van der Waals surface area contributed by atoms with Crippen molar-refractivity contribution in [1.82, 2.24) is 5.32 Å². The van der Waals surface area contributed by atoms with E-state index in [1.54, 1.807) is 13.8 Å². The van der Waals surface area contributed by atoms with Gasteiger partial charge in [-0.05, 0) is 32.8 Å². The van der Waals surface area contributed by atoms with Crippen LogP contribution in [0.1, 0.15) is 25.0 Å². The summed E-state index contributed by atoms with van der Waals surface area (Å²) in [6.07, 6.45) is 0.523. The number of hydrogen-bond acceptors (Lipinski definition) is 3. The van der Waals surface area contributed by atoms with Crippen molar-refractivity contribution in [3.63, 3.8) is 0 Å². The molecule has 0 unspecified atom stereocenters. The second kappa shape index (κ2) is 6.37. The minimum atomic E-state index is -4.70. The zero-order valence-electron chi connectivity index (χ0n) is 12.4. The molecule has 0 aliphatic rings. The van der Waals surface area contributed by atoms with E-state index < -0.39 is 33.9 Å². The number of nitrogens with one attached hydrogen (secondary N) is 1. The van der Waals surface area contributed by atoms with Crippen molar-refractivity contribution in [2.45, 2.75) is 38.7 Å². The van der Waals surface area contributed by atoms with Gasteiger partial charge in [-0.2, -0.15) is 8.42 Å². The first-order chi connectivity index (χ1) is 9.39. The molecular formula is C14H21F2NO3S. The molecule has 1 aromatic rings. The van der Waals surface area contributed by atoms with Crippen LogP contribution in [0.4, 0.5) is 8.78 Å². The monoisotopic (exact) mass is 321 g/mol. The van der Waals surface area contributed by atoms with Gasteiger partial charge in [0.15, 0.2) is 0 Å². The van der Waals surface area contributed by atoms with Gasteiger partial charge < -0.3 is 5.32 Å². The van der Waals surface area contributed by atoms with Crippen molar-refractivity contribution < 1.29 is 21.8 Å². The van der Waals surface area contributed by atoms with Crippen LogP contribution in [0.15, 0.2) is 24.3 Å². The zero-order valence-corrected chi connectivity index (χ0v) is 13.2. The molecule has 0 aliphatic heterocycles. The highest BCUT2D eigenvalue weighted by Crippen LogP contribution is 2.18. The minimum Gasteiger partial charge on any atom is -0.306 e. The lowest BCUT2D eigenvalue weighted by molar-refractivity contribution is 0.0179. The van der Waals surface area contributed by atoms with Crippen molar-refractivity contribution in [2.75, 3.05) is 12.3 Å². The van der Waals surface area contributed by atoms with Crippen molar-refractivity contribution >= 4 is 10.1 Å². The molecule has 0 saturated heterocycles. The number of halogens is 2. The smallest absolute Gasteiger partial charge is 0.276 e. The third-order valence-corrected chi connectivity index (χ3v) is 3.77. The molecule has 120 valence electrons. The van der Waals surface area contributed by atoms with Gasteiger partial charge in [0.2, 0.25) is 0 Å². The van der Waals surface area contributed by atoms with Gasteiger partial charge in [-0.3, -0.25) is 4.55 Å². The fourth-order valence-electron chi connectivity index (χ4n) is 1.97. The van der Waals surface area contributed by atoms with Crippen LogP contribution in [-0.4, -0.2) is 36.7 Å². The molecule has 1 aromatic carbocycles. The lowest BCUT2D eigenvalue weighted by atomic mass is 9.94. The van der Waals surface area contributed by atoms with Gasteiger partial charge in [0, 0.05) is 5.54 Å². The van der Waals surface area contributed by atoms with E-state index in [1.165, 1.54) is 0 Å².